The first-order valence-electron chi connectivity index (χ1n) is 9.24. The van der Waals surface area contributed by atoms with Crippen LogP contribution in [0.25, 0.3) is 0 Å². The van der Waals surface area contributed by atoms with Crippen molar-refractivity contribution in [3.8, 4) is 0 Å². The van der Waals surface area contributed by atoms with Gasteiger partial charge in [-0.3, -0.25) is 14.8 Å². The lowest BCUT2D eigenvalue weighted by Gasteiger charge is -2.43. The molecule has 4 rings (SSSR count). The number of aromatic nitrogens is 2. The lowest BCUT2D eigenvalue weighted by atomic mass is 9.84. The van der Waals surface area contributed by atoms with Crippen LogP contribution in [0.4, 0.5) is 0 Å². The zero-order valence-electron chi connectivity index (χ0n) is 15.1. The maximum absolute atomic E-state index is 12.7. The van der Waals surface area contributed by atoms with E-state index >= 15 is 0 Å². The maximum Gasteiger partial charge on any atom is 0.236 e. The van der Waals surface area contributed by atoms with E-state index in [0.717, 1.165) is 25.0 Å². The van der Waals surface area contributed by atoms with Gasteiger partial charge in [-0.25, -0.2) is 8.42 Å². The summed E-state index contributed by atoms with van der Waals surface area (Å²) in [6, 6.07) is -0.0469. The van der Waals surface area contributed by atoms with E-state index < -0.39 is 9.84 Å². The molecule has 1 spiro atoms. The first-order valence-corrected chi connectivity index (χ1v) is 11.1. The topological polar surface area (TPSA) is 95.6 Å². The summed E-state index contributed by atoms with van der Waals surface area (Å²) in [5.74, 6) is 0.454. The maximum atomic E-state index is 12.7. The molecule has 1 aromatic rings. The number of ether oxygens (including phenoxy) is 1. The number of hydrogen-bond donors (Lipinski definition) is 1. The number of H-pyrrole nitrogens is 1. The Labute approximate surface area is 153 Å². The van der Waals surface area contributed by atoms with Crippen LogP contribution in [0.5, 0.6) is 0 Å². The van der Waals surface area contributed by atoms with Gasteiger partial charge in [-0.2, -0.15) is 5.10 Å². The lowest BCUT2D eigenvalue weighted by Crippen LogP contribution is -2.51. The van der Waals surface area contributed by atoms with Crippen LogP contribution >= 0.6 is 0 Å². The van der Waals surface area contributed by atoms with Gasteiger partial charge in [-0.15, -0.1) is 0 Å². The molecule has 26 heavy (non-hydrogen) atoms. The second-order valence-corrected chi connectivity index (χ2v) is 9.94. The number of fused-ring (bicyclic) bond motifs is 2. The highest BCUT2D eigenvalue weighted by atomic mass is 32.2. The average molecular weight is 382 g/mol. The summed E-state index contributed by atoms with van der Waals surface area (Å²) in [7, 11) is -1.09. The molecule has 1 aromatic heterocycles. The van der Waals surface area contributed by atoms with Gasteiger partial charge in [-0.1, -0.05) is 0 Å². The predicted octanol–water partition coefficient (Wildman–Crippen LogP) is -0.0810. The summed E-state index contributed by atoms with van der Waals surface area (Å²) in [6.45, 7) is 2.25. The van der Waals surface area contributed by atoms with Gasteiger partial charge in [0.1, 0.15) is 5.60 Å². The number of carbonyl (C=O) groups is 1. The molecule has 9 heteroatoms. The van der Waals surface area contributed by atoms with E-state index in [1.54, 1.807) is 0 Å². The SMILES string of the molecule is CN(CC(=O)N1CCC2(CC1)OCCc1cn[nH]c12)C1CCS(=O)(=O)C1. The molecule has 1 N–H and O–H groups in total. The summed E-state index contributed by atoms with van der Waals surface area (Å²) in [4.78, 5) is 16.4. The van der Waals surface area contributed by atoms with Crippen molar-refractivity contribution in [1.29, 1.82) is 0 Å². The van der Waals surface area contributed by atoms with Crippen LogP contribution in [0, 0.1) is 0 Å². The molecular weight excluding hydrogens is 356 g/mol. The molecule has 144 valence electrons. The number of carbonyl (C=O) groups excluding carboxylic acids is 1. The van der Waals surface area contributed by atoms with Crippen LogP contribution in [0.1, 0.15) is 30.5 Å². The minimum Gasteiger partial charge on any atom is -0.368 e. The summed E-state index contributed by atoms with van der Waals surface area (Å²) >= 11 is 0. The molecule has 0 aliphatic carbocycles. The highest BCUT2D eigenvalue weighted by Gasteiger charge is 2.43. The van der Waals surface area contributed by atoms with E-state index in [1.807, 2.05) is 23.0 Å². The lowest BCUT2D eigenvalue weighted by molar-refractivity contribution is -0.142. The number of aromatic amines is 1. The minimum absolute atomic E-state index is 0.0469. The van der Waals surface area contributed by atoms with Gasteiger partial charge in [0, 0.05) is 19.1 Å². The first kappa shape index (κ1) is 17.9. The largest absolute Gasteiger partial charge is 0.368 e. The van der Waals surface area contributed by atoms with Crippen molar-refractivity contribution in [3.63, 3.8) is 0 Å². The molecular formula is C17H26N4O4S. The molecule has 8 nitrogen and oxygen atoms in total. The van der Waals surface area contributed by atoms with Crippen molar-refractivity contribution in [3.05, 3.63) is 17.5 Å². The van der Waals surface area contributed by atoms with Crippen LogP contribution in [0.15, 0.2) is 6.20 Å². The molecule has 3 aliphatic heterocycles. The molecule has 1 unspecified atom stereocenters. The van der Waals surface area contributed by atoms with Gasteiger partial charge in [0.2, 0.25) is 5.91 Å². The number of sulfone groups is 1. The van der Waals surface area contributed by atoms with Crippen LogP contribution < -0.4 is 0 Å². The summed E-state index contributed by atoms with van der Waals surface area (Å²) < 4.78 is 29.4. The molecule has 4 heterocycles. The number of amides is 1. The summed E-state index contributed by atoms with van der Waals surface area (Å²) in [5.41, 5.74) is 1.95. The normalized spacial score (nSPS) is 27.0. The van der Waals surface area contributed by atoms with Gasteiger partial charge in [-0.05, 0) is 38.3 Å². The van der Waals surface area contributed by atoms with E-state index in [4.69, 9.17) is 4.74 Å². The number of nitrogens with zero attached hydrogens (tertiary/aromatic N) is 3. The van der Waals surface area contributed by atoms with E-state index in [9.17, 15) is 13.2 Å². The molecule has 0 aromatic carbocycles. The Hall–Kier alpha value is -1.45. The first-order chi connectivity index (χ1) is 12.4. The van der Waals surface area contributed by atoms with Crippen LogP contribution in [0.2, 0.25) is 0 Å². The Kier molecular flexibility index (Phi) is 4.56. The molecule has 0 radical (unpaired) electrons. The van der Waals surface area contributed by atoms with Crippen molar-refractivity contribution >= 4 is 15.7 Å². The quantitative estimate of drug-likeness (QED) is 0.786. The highest BCUT2D eigenvalue weighted by molar-refractivity contribution is 7.91. The molecule has 0 saturated carbocycles. The number of piperidine rings is 1. The third-order valence-corrected chi connectivity index (χ3v) is 7.81. The van der Waals surface area contributed by atoms with E-state index in [1.165, 1.54) is 5.56 Å². The highest BCUT2D eigenvalue weighted by Crippen LogP contribution is 2.40. The molecule has 3 aliphatic rings. The Morgan fingerprint density at radius 2 is 2.23 bits per heavy atom. The monoisotopic (exact) mass is 382 g/mol. The Bertz CT molecular complexity index is 782. The zero-order chi connectivity index (χ0) is 18.4. The number of likely N-dealkylation sites (N-methyl/N-ethyl adjacent to an activating group) is 1. The second-order valence-electron chi connectivity index (χ2n) is 7.72. The molecule has 2 fully saturated rings. The molecule has 2 saturated heterocycles. The van der Waals surface area contributed by atoms with Crippen molar-refractivity contribution in [2.45, 2.75) is 37.3 Å². The zero-order valence-corrected chi connectivity index (χ0v) is 15.9. The van der Waals surface area contributed by atoms with Gasteiger partial charge >= 0.3 is 0 Å². The summed E-state index contributed by atoms with van der Waals surface area (Å²) in [5, 5.41) is 7.26. The standard InChI is InChI=1S/C17H26N4O4S/c1-20(14-3-9-26(23,24)12-14)11-15(22)21-6-4-17(5-7-21)16-13(2-8-25-17)10-18-19-16/h10,14H,2-9,11-12H2,1H3,(H,18,19). The molecule has 1 amide bonds. The smallest absolute Gasteiger partial charge is 0.236 e. The average Bonchev–Trinajstić information content (AvgIpc) is 3.22. The van der Waals surface area contributed by atoms with Crippen molar-refractivity contribution < 1.29 is 17.9 Å². The fraction of sp³-hybridized carbons (Fsp3) is 0.765. The second kappa shape index (κ2) is 6.61. The third-order valence-electron chi connectivity index (χ3n) is 6.06. The van der Waals surface area contributed by atoms with Gasteiger partial charge < -0.3 is 9.64 Å². The fourth-order valence-electron chi connectivity index (χ4n) is 4.40. The van der Waals surface area contributed by atoms with Crippen LogP contribution in [0.3, 0.4) is 0 Å². The Morgan fingerprint density at radius 3 is 2.92 bits per heavy atom. The van der Waals surface area contributed by atoms with Gasteiger partial charge in [0.05, 0.1) is 36.5 Å². The summed E-state index contributed by atoms with van der Waals surface area (Å²) in [6.07, 6.45) is 4.89. The minimum atomic E-state index is -2.94. The van der Waals surface area contributed by atoms with Gasteiger partial charge in [0.15, 0.2) is 9.84 Å². The van der Waals surface area contributed by atoms with Crippen LogP contribution in [-0.4, -0.2) is 85.2 Å². The van der Waals surface area contributed by atoms with E-state index in [-0.39, 0.29) is 35.6 Å². The predicted molar refractivity (Wildman–Crippen MR) is 95.4 cm³/mol. The molecule has 1 atom stereocenters. The number of rotatable bonds is 3. The Balaban J connectivity index is 1.35. The van der Waals surface area contributed by atoms with Crippen molar-refractivity contribution in [1.82, 2.24) is 20.0 Å². The third kappa shape index (κ3) is 3.27. The van der Waals surface area contributed by atoms with Crippen molar-refractivity contribution in [2.75, 3.05) is 44.8 Å². The van der Waals surface area contributed by atoms with Crippen molar-refractivity contribution in [2.24, 2.45) is 0 Å². The molecule has 0 bridgehead atoms. The number of likely N-dealkylation sites (tertiary alicyclic amines) is 1. The van der Waals surface area contributed by atoms with E-state index in [2.05, 4.69) is 10.2 Å². The van der Waals surface area contributed by atoms with E-state index in [0.29, 0.717) is 26.1 Å². The fourth-order valence-corrected chi connectivity index (χ4v) is 6.21. The van der Waals surface area contributed by atoms with Gasteiger partial charge in [0.25, 0.3) is 0 Å². The number of nitrogens with one attached hydrogen (secondary N) is 1. The number of hydrogen-bond acceptors (Lipinski definition) is 6. The Morgan fingerprint density at radius 1 is 1.46 bits per heavy atom. The van der Waals surface area contributed by atoms with Crippen LogP contribution in [-0.2, 0) is 31.4 Å².